The van der Waals surface area contributed by atoms with Crippen LogP contribution in [0.2, 0.25) is 0 Å². The highest BCUT2D eigenvalue weighted by molar-refractivity contribution is 6.04. The Morgan fingerprint density at radius 3 is 2.65 bits per heavy atom. The van der Waals surface area contributed by atoms with Gasteiger partial charge in [-0.2, -0.15) is 13.2 Å². The lowest BCUT2D eigenvalue weighted by atomic mass is 9.52. The van der Waals surface area contributed by atoms with Crippen LogP contribution in [0.5, 0.6) is 5.88 Å². The van der Waals surface area contributed by atoms with Gasteiger partial charge < -0.3 is 15.8 Å². The summed E-state index contributed by atoms with van der Waals surface area (Å²) in [4.78, 5) is 41.4. The minimum Gasteiger partial charge on any atom is -0.474 e. The zero-order chi connectivity index (χ0) is 22.6. The molecule has 0 bridgehead atoms. The summed E-state index contributed by atoms with van der Waals surface area (Å²) in [6.07, 6.45) is -1.02. The van der Waals surface area contributed by atoms with E-state index in [-0.39, 0.29) is 29.0 Å². The van der Waals surface area contributed by atoms with Gasteiger partial charge in [0.15, 0.2) is 0 Å². The SMILES string of the molecule is CC(CC1NC(=O)N(C2CC3(CC(Oc4ncccc4C(N)=O)C3)C2)C1=O)C(F)(F)F. The van der Waals surface area contributed by atoms with E-state index in [0.29, 0.717) is 25.7 Å². The molecule has 2 unspecified atom stereocenters. The third-order valence-corrected chi connectivity index (χ3v) is 6.54. The molecule has 31 heavy (non-hydrogen) atoms. The van der Waals surface area contributed by atoms with Crippen LogP contribution in [-0.4, -0.2) is 52.1 Å². The van der Waals surface area contributed by atoms with E-state index in [1.54, 1.807) is 6.07 Å². The van der Waals surface area contributed by atoms with Gasteiger partial charge >= 0.3 is 12.2 Å². The molecule has 2 atom stereocenters. The molecule has 2 aliphatic carbocycles. The monoisotopic (exact) mass is 440 g/mol. The van der Waals surface area contributed by atoms with Gasteiger partial charge in [0, 0.05) is 12.2 Å². The normalized spacial score (nSPS) is 31.1. The number of hydrogen-bond donors (Lipinski definition) is 2. The highest BCUT2D eigenvalue weighted by Crippen LogP contribution is 2.58. The molecule has 11 heteroatoms. The minimum atomic E-state index is -4.41. The van der Waals surface area contributed by atoms with Crippen molar-refractivity contribution >= 4 is 17.8 Å². The predicted octanol–water partition coefficient (Wildman–Crippen LogP) is 2.38. The molecule has 0 aromatic carbocycles. The lowest BCUT2D eigenvalue weighted by Crippen LogP contribution is -2.60. The molecule has 4 rings (SSSR count). The first-order valence-corrected chi connectivity index (χ1v) is 10.1. The number of primary amides is 1. The fraction of sp³-hybridized carbons (Fsp3) is 0.600. The summed E-state index contributed by atoms with van der Waals surface area (Å²) in [5.41, 5.74) is 5.45. The second kappa shape index (κ2) is 7.38. The molecule has 1 saturated heterocycles. The maximum atomic E-state index is 12.8. The van der Waals surface area contributed by atoms with Crippen LogP contribution in [-0.2, 0) is 4.79 Å². The van der Waals surface area contributed by atoms with Crippen molar-refractivity contribution in [3.8, 4) is 5.88 Å². The van der Waals surface area contributed by atoms with Crippen LogP contribution in [0.3, 0.4) is 0 Å². The van der Waals surface area contributed by atoms with E-state index in [1.165, 1.54) is 12.3 Å². The summed E-state index contributed by atoms with van der Waals surface area (Å²) in [5, 5.41) is 2.39. The first kappa shape index (κ1) is 21.4. The van der Waals surface area contributed by atoms with Gasteiger partial charge in [-0.15, -0.1) is 0 Å². The van der Waals surface area contributed by atoms with E-state index in [4.69, 9.17) is 10.5 Å². The molecule has 1 spiro atoms. The number of carbonyl (C=O) groups is 3. The van der Waals surface area contributed by atoms with Gasteiger partial charge in [0.2, 0.25) is 5.88 Å². The number of alkyl halides is 3. The Hall–Kier alpha value is -2.85. The topological polar surface area (TPSA) is 115 Å². The highest BCUT2D eigenvalue weighted by Gasteiger charge is 2.59. The second-order valence-electron chi connectivity index (χ2n) is 8.82. The standard InChI is InChI=1S/C20H23F3N4O4/c1-10(20(21,22)23)5-14-17(29)27(18(30)26-14)11-6-19(7-11)8-12(9-19)31-16-13(15(24)28)3-2-4-25-16/h2-4,10-12,14H,5-9H2,1H3,(H2,24,28)(H,26,30). The van der Waals surface area contributed by atoms with Gasteiger partial charge in [0.05, 0.1) is 5.92 Å². The maximum absolute atomic E-state index is 12.8. The number of hydrogen-bond acceptors (Lipinski definition) is 5. The van der Waals surface area contributed by atoms with E-state index in [0.717, 1.165) is 11.8 Å². The van der Waals surface area contributed by atoms with Crippen molar-refractivity contribution in [1.29, 1.82) is 0 Å². The average Bonchev–Trinajstić information content (AvgIpc) is 2.89. The molecule has 1 aliphatic heterocycles. The second-order valence-corrected chi connectivity index (χ2v) is 8.82. The number of nitrogens with one attached hydrogen (secondary N) is 1. The number of nitrogens with zero attached hydrogens (tertiary/aromatic N) is 2. The van der Waals surface area contributed by atoms with Crippen molar-refractivity contribution in [2.75, 3.05) is 0 Å². The molecular formula is C20H23F3N4O4. The number of nitrogens with two attached hydrogens (primary N) is 1. The van der Waals surface area contributed by atoms with Crippen molar-refractivity contribution in [2.24, 2.45) is 17.1 Å². The Morgan fingerprint density at radius 1 is 1.35 bits per heavy atom. The molecule has 3 N–H and O–H groups in total. The van der Waals surface area contributed by atoms with Gasteiger partial charge in [-0.1, -0.05) is 6.92 Å². The lowest BCUT2D eigenvalue weighted by molar-refractivity contribution is -0.173. The number of aromatic nitrogens is 1. The number of urea groups is 1. The number of amides is 4. The van der Waals surface area contributed by atoms with Crippen molar-refractivity contribution < 1.29 is 32.3 Å². The molecule has 2 saturated carbocycles. The third kappa shape index (κ3) is 3.92. The molecular weight excluding hydrogens is 417 g/mol. The van der Waals surface area contributed by atoms with E-state index < -0.39 is 42.4 Å². The molecule has 3 aliphatic rings. The highest BCUT2D eigenvalue weighted by atomic mass is 19.4. The Morgan fingerprint density at radius 2 is 2.03 bits per heavy atom. The summed E-state index contributed by atoms with van der Waals surface area (Å²) in [6, 6.07) is 1.03. The lowest BCUT2D eigenvalue weighted by Gasteiger charge is -2.58. The van der Waals surface area contributed by atoms with Crippen molar-refractivity contribution in [3.63, 3.8) is 0 Å². The summed E-state index contributed by atoms with van der Waals surface area (Å²) in [7, 11) is 0. The zero-order valence-corrected chi connectivity index (χ0v) is 16.8. The van der Waals surface area contributed by atoms with Crippen LogP contribution in [0.25, 0.3) is 0 Å². The van der Waals surface area contributed by atoms with Crippen LogP contribution >= 0.6 is 0 Å². The van der Waals surface area contributed by atoms with Gasteiger partial charge in [-0.3, -0.25) is 14.5 Å². The number of carbonyl (C=O) groups excluding carboxylic acids is 3. The van der Waals surface area contributed by atoms with Gasteiger partial charge in [0.25, 0.3) is 11.8 Å². The van der Waals surface area contributed by atoms with Crippen LogP contribution in [0.15, 0.2) is 18.3 Å². The molecule has 3 fully saturated rings. The Labute approximate surface area is 176 Å². The van der Waals surface area contributed by atoms with Crippen molar-refractivity contribution in [1.82, 2.24) is 15.2 Å². The quantitative estimate of drug-likeness (QED) is 0.660. The van der Waals surface area contributed by atoms with E-state index in [1.807, 2.05) is 0 Å². The third-order valence-electron chi connectivity index (χ3n) is 6.54. The van der Waals surface area contributed by atoms with Gasteiger partial charge in [-0.25, -0.2) is 9.78 Å². The Balaban J connectivity index is 1.30. The fourth-order valence-corrected chi connectivity index (χ4v) is 4.82. The summed E-state index contributed by atoms with van der Waals surface area (Å²) in [6.45, 7) is 1.00. The van der Waals surface area contributed by atoms with Crippen molar-refractivity contribution in [3.05, 3.63) is 23.9 Å². The summed E-state index contributed by atoms with van der Waals surface area (Å²) >= 11 is 0. The number of rotatable bonds is 6. The molecule has 0 radical (unpaired) electrons. The number of imide groups is 1. The minimum absolute atomic E-state index is 0.0745. The summed E-state index contributed by atoms with van der Waals surface area (Å²) < 4.78 is 44.2. The van der Waals surface area contributed by atoms with Crippen LogP contribution in [0.1, 0.15) is 49.4 Å². The largest absolute Gasteiger partial charge is 0.474 e. The van der Waals surface area contributed by atoms with Crippen LogP contribution in [0, 0.1) is 11.3 Å². The molecule has 8 nitrogen and oxygen atoms in total. The van der Waals surface area contributed by atoms with E-state index in [2.05, 4.69) is 10.3 Å². The van der Waals surface area contributed by atoms with Gasteiger partial charge in [-0.05, 0) is 49.7 Å². The molecule has 1 aromatic rings. The fourth-order valence-electron chi connectivity index (χ4n) is 4.82. The maximum Gasteiger partial charge on any atom is 0.391 e. The Bertz CT molecular complexity index is 908. The Kier molecular flexibility index (Phi) is 5.09. The first-order valence-electron chi connectivity index (χ1n) is 10.1. The van der Waals surface area contributed by atoms with Crippen LogP contribution in [0.4, 0.5) is 18.0 Å². The van der Waals surface area contributed by atoms with E-state index in [9.17, 15) is 27.6 Å². The smallest absolute Gasteiger partial charge is 0.391 e. The molecule has 1 aromatic heterocycles. The first-order chi connectivity index (χ1) is 14.5. The number of ether oxygens (including phenoxy) is 1. The van der Waals surface area contributed by atoms with Crippen LogP contribution < -0.4 is 15.8 Å². The van der Waals surface area contributed by atoms with Crippen molar-refractivity contribution in [2.45, 2.75) is 63.4 Å². The zero-order valence-electron chi connectivity index (χ0n) is 16.8. The predicted molar refractivity (Wildman–Crippen MR) is 101 cm³/mol. The van der Waals surface area contributed by atoms with E-state index >= 15 is 0 Å². The molecule has 2 heterocycles. The van der Waals surface area contributed by atoms with Gasteiger partial charge in [0.1, 0.15) is 17.7 Å². The summed E-state index contributed by atoms with van der Waals surface area (Å²) in [5.74, 6) is -2.72. The number of pyridine rings is 1. The molecule has 4 amide bonds. The number of halogens is 3. The average molecular weight is 440 g/mol. The molecule has 168 valence electrons.